The predicted molar refractivity (Wildman–Crippen MR) is 94.6 cm³/mol. The molecule has 5 nitrogen and oxygen atoms in total. The van der Waals surface area contributed by atoms with Gasteiger partial charge in [0.15, 0.2) is 9.84 Å². The minimum Gasteiger partial charge on any atom is -0.340 e. The van der Waals surface area contributed by atoms with Gasteiger partial charge >= 0.3 is 0 Å². The van der Waals surface area contributed by atoms with E-state index in [1.165, 1.54) is 0 Å². The summed E-state index contributed by atoms with van der Waals surface area (Å²) < 4.78 is 25.3. The molecule has 1 aliphatic heterocycles. The van der Waals surface area contributed by atoms with E-state index in [0.29, 0.717) is 18.7 Å². The molecule has 0 saturated carbocycles. The second-order valence-corrected chi connectivity index (χ2v) is 8.41. The summed E-state index contributed by atoms with van der Waals surface area (Å²) in [6.45, 7) is 2.40. The molecule has 1 aliphatic rings. The fourth-order valence-corrected chi connectivity index (χ4v) is 5.09. The van der Waals surface area contributed by atoms with Crippen LogP contribution in [0.1, 0.15) is 23.8 Å². The number of sulfone groups is 1. The molecule has 6 heteroatoms. The van der Waals surface area contributed by atoms with Crippen LogP contribution in [0.25, 0.3) is 11.3 Å². The number of benzene rings is 1. The molecule has 1 atom stereocenters. The Morgan fingerprint density at radius 2 is 1.92 bits per heavy atom. The van der Waals surface area contributed by atoms with Gasteiger partial charge in [0.1, 0.15) is 5.69 Å². The zero-order valence-corrected chi connectivity index (χ0v) is 14.8. The van der Waals surface area contributed by atoms with Gasteiger partial charge in [-0.05, 0) is 31.0 Å². The number of carbonyl (C=O) groups is 1. The summed E-state index contributed by atoms with van der Waals surface area (Å²) in [5.41, 5.74) is 2.60. The topological polar surface area (TPSA) is 59.4 Å². The molecule has 1 saturated heterocycles. The average Bonchev–Trinajstić information content (AvgIpc) is 3.11. The van der Waals surface area contributed by atoms with Crippen LogP contribution in [-0.4, -0.2) is 47.9 Å². The Bertz CT molecular complexity index is 840. The first-order valence-corrected chi connectivity index (χ1v) is 9.97. The van der Waals surface area contributed by atoms with E-state index in [9.17, 15) is 13.2 Å². The van der Waals surface area contributed by atoms with Gasteiger partial charge in [0.25, 0.3) is 5.91 Å². The van der Waals surface area contributed by atoms with Crippen molar-refractivity contribution < 1.29 is 13.2 Å². The van der Waals surface area contributed by atoms with E-state index in [0.717, 1.165) is 11.3 Å². The quantitative estimate of drug-likeness (QED) is 0.854. The summed E-state index contributed by atoms with van der Waals surface area (Å²) in [6, 6.07) is 13.4. The van der Waals surface area contributed by atoms with Gasteiger partial charge in [-0.15, -0.1) is 0 Å². The maximum absolute atomic E-state index is 12.9. The van der Waals surface area contributed by atoms with Crippen molar-refractivity contribution in [1.82, 2.24) is 9.47 Å². The third-order valence-corrected chi connectivity index (χ3v) is 6.41. The summed E-state index contributed by atoms with van der Waals surface area (Å²) in [5.74, 6) is 0.135. The van der Waals surface area contributed by atoms with Crippen LogP contribution in [0.4, 0.5) is 0 Å². The first-order chi connectivity index (χ1) is 11.4. The van der Waals surface area contributed by atoms with Crippen LogP contribution in [-0.2, 0) is 16.9 Å². The monoisotopic (exact) mass is 346 g/mol. The largest absolute Gasteiger partial charge is 0.340 e. The standard InChI is InChI=1S/C18H22N2O3S/c1-3-20(15-11-12-24(22,23)13-15)18(21)17-10-9-16(19(17)2)14-7-5-4-6-8-14/h4-10,15H,3,11-13H2,1-2H3/t15-/m1/s1. The maximum Gasteiger partial charge on any atom is 0.270 e. The van der Waals surface area contributed by atoms with Crippen LogP contribution >= 0.6 is 0 Å². The second-order valence-electron chi connectivity index (χ2n) is 6.18. The van der Waals surface area contributed by atoms with Crippen molar-refractivity contribution in [2.45, 2.75) is 19.4 Å². The van der Waals surface area contributed by atoms with Crippen LogP contribution in [0, 0.1) is 0 Å². The van der Waals surface area contributed by atoms with Crippen molar-refractivity contribution in [3.63, 3.8) is 0 Å². The molecule has 1 fully saturated rings. The molecule has 0 bridgehead atoms. The predicted octanol–water partition coefficient (Wildman–Crippen LogP) is 2.34. The second kappa shape index (κ2) is 6.43. The highest BCUT2D eigenvalue weighted by atomic mass is 32.2. The van der Waals surface area contributed by atoms with Crippen molar-refractivity contribution in [3.05, 3.63) is 48.2 Å². The van der Waals surface area contributed by atoms with E-state index >= 15 is 0 Å². The summed E-state index contributed by atoms with van der Waals surface area (Å²) >= 11 is 0. The van der Waals surface area contributed by atoms with Crippen LogP contribution in [0.5, 0.6) is 0 Å². The molecule has 0 aliphatic carbocycles. The summed E-state index contributed by atoms with van der Waals surface area (Å²) in [5, 5.41) is 0. The van der Waals surface area contributed by atoms with Crippen LogP contribution in [0.2, 0.25) is 0 Å². The zero-order chi connectivity index (χ0) is 17.3. The number of nitrogens with zero attached hydrogens (tertiary/aromatic N) is 2. The lowest BCUT2D eigenvalue weighted by Crippen LogP contribution is -2.41. The van der Waals surface area contributed by atoms with Gasteiger partial charge < -0.3 is 9.47 Å². The molecular formula is C18H22N2O3S. The molecule has 0 spiro atoms. The van der Waals surface area contributed by atoms with E-state index < -0.39 is 9.84 Å². The fourth-order valence-electron chi connectivity index (χ4n) is 3.36. The molecular weight excluding hydrogens is 324 g/mol. The maximum atomic E-state index is 12.9. The molecule has 0 unspecified atom stereocenters. The molecule has 0 N–H and O–H groups in total. The summed E-state index contributed by atoms with van der Waals surface area (Å²) in [6.07, 6.45) is 0.526. The molecule has 3 rings (SSSR count). The first-order valence-electron chi connectivity index (χ1n) is 8.15. The first kappa shape index (κ1) is 16.8. The lowest BCUT2D eigenvalue weighted by Gasteiger charge is -2.27. The Kier molecular flexibility index (Phi) is 4.49. The van der Waals surface area contributed by atoms with Gasteiger partial charge in [-0.2, -0.15) is 0 Å². The number of aromatic nitrogens is 1. The van der Waals surface area contributed by atoms with Gasteiger partial charge in [0.2, 0.25) is 0 Å². The Labute approximate surface area is 142 Å². The molecule has 1 aromatic carbocycles. The number of carbonyl (C=O) groups excluding carboxylic acids is 1. The average molecular weight is 346 g/mol. The van der Waals surface area contributed by atoms with E-state index in [4.69, 9.17) is 0 Å². The van der Waals surface area contributed by atoms with Gasteiger partial charge in [0, 0.05) is 25.3 Å². The smallest absolute Gasteiger partial charge is 0.270 e. The molecule has 24 heavy (non-hydrogen) atoms. The number of hydrogen-bond donors (Lipinski definition) is 0. The van der Waals surface area contributed by atoms with E-state index in [-0.39, 0.29) is 23.5 Å². The van der Waals surface area contributed by atoms with E-state index in [1.54, 1.807) is 4.90 Å². The summed E-state index contributed by atoms with van der Waals surface area (Å²) in [7, 11) is -1.15. The highest BCUT2D eigenvalue weighted by Gasteiger charge is 2.34. The van der Waals surface area contributed by atoms with Crippen molar-refractivity contribution in [3.8, 4) is 11.3 Å². The Morgan fingerprint density at radius 3 is 2.50 bits per heavy atom. The minimum absolute atomic E-state index is 0.0720. The van der Waals surface area contributed by atoms with E-state index in [1.807, 2.05) is 61.0 Å². The highest BCUT2D eigenvalue weighted by Crippen LogP contribution is 2.24. The third-order valence-electron chi connectivity index (χ3n) is 4.66. The molecule has 0 radical (unpaired) electrons. The number of hydrogen-bond acceptors (Lipinski definition) is 3. The lowest BCUT2D eigenvalue weighted by molar-refractivity contribution is 0.0699. The van der Waals surface area contributed by atoms with Gasteiger partial charge in [0.05, 0.1) is 11.5 Å². The Hall–Kier alpha value is -2.08. The van der Waals surface area contributed by atoms with E-state index in [2.05, 4.69) is 0 Å². The number of amides is 1. The van der Waals surface area contributed by atoms with Gasteiger partial charge in [-0.25, -0.2) is 8.42 Å². The molecule has 2 aromatic rings. The Balaban J connectivity index is 1.88. The normalized spacial score (nSPS) is 19.3. The van der Waals surface area contributed by atoms with Crippen molar-refractivity contribution in [2.24, 2.45) is 7.05 Å². The van der Waals surface area contributed by atoms with Crippen molar-refractivity contribution in [2.75, 3.05) is 18.1 Å². The van der Waals surface area contributed by atoms with Crippen LogP contribution < -0.4 is 0 Å². The molecule has 1 aromatic heterocycles. The number of rotatable bonds is 4. The van der Waals surface area contributed by atoms with Crippen molar-refractivity contribution >= 4 is 15.7 Å². The summed E-state index contributed by atoms with van der Waals surface area (Å²) in [4.78, 5) is 14.6. The fraction of sp³-hybridized carbons (Fsp3) is 0.389. The Morgan fingerprint density at radius 1 is 1.21 bits per heavy atom. The highest BCUT2D eigenvalue weighted by molar-refractivity contribution is 7.91. The van der Waals surface area contributed by atoms with Gasteiger partial charge in [-0.1, -0.05) is 30.3 Å². The minimum atomic E-state index is -3.01. The van der Waals surface area contributed by atoms with Gasteiger partial charge in [-0.3, -0.25) is 4.79 Å². The molecule has 128 valence electrons. The van der Waals surface area contributed by atoms with Crippen LogP contribution in [0.15, 0.2) is 42.5 Å². The molecule has 1 amide bonds. The van der Waals surface area contributed by atoms with Crippen LogP contribution in [0.3, 0.4) is 0 Å². The molecule has 2 heterocycles. The van der Waals surface area contributed by atoms with Crippen molar-refractivity contribution in [1.29, 1.82) is 0 Å². The zero-order valence-electron chi connectivity index (χ0n) is 14.0. The third kappa shape index (κ3) is 3.11. The lowest BCUT2D eigenvalue weighted by atomic mass is 10.2. The SMILES string of the molecule is CCN(C(=O)c1ccc(-c2ccccc2)n1C)[C@@H]1CCS(=O)(=O)C1.